The molecule has 37 heavy (non-hydrogen) atoms. The molecule has 13 heteroatoms. The van der Waals surface area contributed by atoms with E-state index in [1.807, 2.05) is 6.92 Å². The van der Waals surface area contributed by atoms with Crippen molar-refractivity contribution in [1.82, 2.24) is 8.87 Å². The zero-order valence-corrected chi connectivity index (χ0v) is 22.0. The Morgan fingerprint density at radius 2 is 1.95 bits per heavy atom. The molecule has 0 radical (unpaired) electrons. The van der Waals surface area contributed by atoms with E-state index in [0.717, 1.165) is 16.9 Å². The van der Waals surface area contributed by atoms with Gasteiger partial charge in [-0.15, -0.1) is 0 Å². The number of benzene rings is 2. The van der Waals surface area contributed by atoms with Crippen molar-refractivity contribution < 1.29 is 27.7 Å². The fourth-order valence-electron chi connectivity index (χ4n) is 4.16. The molecular weight excluding hydrogens is 520 g/mol. The van der Waals surface area contributed by atoms with Gasteiger partial charge >= 0.3 is 5.97 Å². The molecule has 0 aliphatic carbocycles. The van der Waals surface area contributed by atoms with Gasteiger partial charge in [-0.3, -0.25) is 19.7 Å². The molecule has 0 N–H and O–H groups in total. The van der Waals surface area contributed by atoms with Gasteiger partial charge in [-0.2, -0.15) is 9.30 Å². The highest BCUT2D eigenvalue weighted by atomic mass is 32.2. The van der Waals surface area contributed by atoms with Crippen molar-refractivity contribution in [3.63, 3.8) is 0 Å². The molecule has 0 spiro atoms. The number of nitrogens with zero attached hydrogens (tertiary/aromatic N) is 4. The monoisotopic (exact) mass is 546 g/mol. The Bertz CT molecular complexity index is 1520. The number of carbonyl (C=O) groups excluding carboxylic acids is 2. The first kappa shape index (κ1) is 26.6. The summed E-state index contributed by atoms with van der Waals surface area (Å²) in [4.78, 5) is 40.7. The van der Waals surface area contributed by atoms with Crippen LogP contribution in [0.1, 0.15) is 25.3 Å². The summed E-state index contributed by atoms with van der Waals surface area (Å²) in [5.41, 5.74) is 1.32. The van der Waals surface area contributed by atoms with Crippen LogP contribution in [-0.2, 0) is 30.9 Å². The zero-order valence-electron chi connectivity index (χ0n) is 20.3. The molecule has 196 valence electrons. The summed E-state index contributed by atoms with van der Waals surface area (Å²) in [6.07, 6.45) is 0.967. The van der Waals surface area contributed by atoms with Crippen LogP contribution in [0, 0.1) is 23.0 Å². The summed E-state index contributed by atoms with van der Waals surface area (Å²) in [5, 5.41) is 11.2. The maximum atomic E-state index is 13.2. The second-order valence-electron chi connectivity index (χ2n) is 8.65. The van der Waals surface area contributed by atoms with Crippen LogP contribution in [0.2, 0.25) is 0 Å². The van der Waals surface area contributed by atoms with Gasteiger partial charge < -0.3 is 9.30 Å². The van der Waals surface area contributed by atoms with Gasteiger partial charge in [0, 0.05) is 25.2 Å². The lowest BCUT2D eigenvalue weighted by Gasteiger charge is -2.30. The zero-order chi connectivity index (χ0) is 26.7. The number of aromatic nitrogens is 1. The molecule has 1 atom stereocenters. The van der Waals surface area contributed by atoms with Gasteiger partial charge in [0.05, 0.1) is 32.6 Å². The van der Waals surface area contributed by atoms with Crippen LogP contribution < -0.4 is 4.80 Å². The third-order valence-electron chi connectivity index (χ3n) is 6.07. The predicted molar refractivity (Wildman–Crippen MR) is 136 cm³/mol. The number of sulfonamides is 1. The molecule has 1 fully saturated rings. The standard InChI is InChI=1S/C24H26N4O7S2/c1-3-35-22(29)15-27-20-11-8-18(28(31)32)13-21(20)36-24(27)25-23(30)17-5-4-12-26(14-17)37(33,34)19-9-6-16(2)7-10-19/h6-11,13,17H,3-5,12,14-15H2,1-2H3. The number of ether oxygens (including phenoxy) is 1. The van der Waals surface area contributed by atoms with Crippen molar-refractivity contribution in [2.24, 2.45) is 10.9 Å². The molecule has 0 bridgehead atoms. The molecule has 1 amide bonds. The Kier molecular flexibility index (Phi) is 7.85. The summed E-state index contributed by atoms with van der Waals surface area (Å²) in [6, 6.07) is 10.7. The van der Waals surface area contributed by atoms with E-state index in [4.69, 9.17) is 4.74 Å². The summed E-state index contributed by atoms with van der Waals surface area (Å²) in [5.74, 6) is -1.71. The Morgan fingerprint density at radius 1 is 1.22 bits per heavy atom. The highest BCUT2D eigenvalue weighted by molar-refractivity contribution is 7.89. The quantitative estimate of drug-likeness (QED) is 0.252. The van der Waals surface area contributed by atoms with Crippen molar-refractivity contribution in [2.75, 3.05) is 19.7 Å². The summed E-state index contributed by atoms with van der Waals surface area (Å²) >= 11 is 1.04. The summed E-state index contributed by atoms with van der Waals surface area (Å²) < 4.78 is 34.6. The number of nitro groups is 1. The molecular formula is C24H26N4O7S2. The van der Waals surface area contributed by atoms with Gasteiger partial charge in [-0.05, 0) is 44.9 Å². The van der Waals surface area contributed by atoms with Gasteiger partial charge in [0.1, 0.15) is 6.54 Å². The first-order valence-electron chi connectivity index (χ1n) is 11.7. The van der Waals surface area contributed by atoms with Crippen LogP contribution >= 0.6 is 11.3 Å². The third-order valence-corrected chi connectivity index (χ3v) is 8.99. The smallest absolute Gasteiger partial charge is 0.326 e. The van der Waals surface area contributed by atoms with E-state index < -0.39 is 32.7 Å². The summed E-state index contributed by atoms with van der Waals surface area (Å²) in [6.45, 7) is 3.78. The molecule has 1 aliphatic heterocycles. The molecule has 2 aromatic carbocycles. The van der Waals surface area contributed by atoms with Crippen molar-refractivity contribution in [1.29, 1.82) is 0 Å². The number of nitro benzene ring substituents is 1. The van der Waals surface area contributed by atoms with E-state index in [1.54, 1.807) is 31.2 Å². The second-order valence-corrected chi connectivity index (χ2v) is 11.6. The molecule has 1 saturated heterocycles. The Balaban J connectivity index is 1.66. The number of carbonyl (C=O) groups is 2. The average Bonchev–Trinajstić information content (AvgIpc) is 3.20. The third kappa shape index (κ3) is 5.78. The Morgan fingerprint density at radius 3 is 2.62 bits per heavy atom. The minimum absolute atomic E-state index is 0.00716. The first-order chi connectivity index (χ1) is 17.6. The molecule has 1 unspecified atom stereocenters. The van der Waals surface area contributed by atoms with Crippen LogP contribution in [0.5, 0.6) is 0 Å². The van der Waals surface area contributed by atoms with E-state index in [1.165, 1.54) is 27.1 Å². The predicted octanol–water partition coefficient (Wildman–Crippen LogP) is 3.01. The van der Waals surface area contributed by atoms with Gasteiger partial charge in [0.25, 0.3) is 11.6 Å². The number of piperidine rings is 1. The largest absolute Gasteiger partial charge is 0.465 e. The number of non-ortho nitro benzene ring substituents is 1. The van der Waals surface area contributed by atoms with Crippen LogP contribution in [0.3, 0.4) is 0 Å². The molecule has 0 saturated carbocycles. The highest BCUT2D eigenvalue weighted by Gasteiger charge is 2.33. The second kappa shape index (κ2) is 10.9. The summed E-state index contributed by atoms with van der Waals surface area (Å²) in [7, 11) is -3.77. The van der Waals surface area contributed by atoms with Crippen molar-refractivity contribution in [3.05, 3.63) is 62.9 Å². The van der Waals surface area contributed by atoms with Crippen LogP contribution in [0.25, 0.3) is 10.2 Å². The fraction of sp³-hybridized carbons (Fsp3) is 0.375. The minimum atomic E-state index is -3.77. The van der Waals surface area contributed by atoms with Gasteiger partial charge in [0.2, 0.25) is 10.0 Å². The van der Waals surface area contributed by atoms with E-state index in [0.29, 0.717) is 29.6 Å². The first-order valence-corrected chi connectivity index (χ1v) is 13.9. The van der Waals surface area contributed by atoms with Crippen molar-refractivity contribution in [2.45, 2.75) is 38.1 Å². The maximum Gasteiger partial charge on any atom is 0.326 e. The normalized spacial score (nSPS) is 17.1. The number of rotatable bonds is 7. The van der Waals surface area contributed by atoms with Crippen molar-refractivity contribution in [3.8, 4) is 0 Å². The van der Waals surface area contributed by atoms with Crippen molar-refractivity contribution >= 4 is 49.1 Å². The van der Waals surface area contributed by atoms with Crippen LogP contribution in [0.15, 0.2) is 52.4 Å². The van der Waals surface area contributed by atoms with E-state index in [2.05, 4.69) is 4.99 Å². The SMILES string of the molecule is CCOC(=O)Cn1c(=NC(=O)C2CCCN(S(=O)(=O)c3ccc(C)cc3)C2)sc2cc([N+](=O)[O-])ccc21. The Hall–Kier alpha value is -3.42. The number of amides is 1. The van der Waals surface area contributed by atoms with Gasteiger partial charge in [0.15, 0.2) is 4.80 Å². The number of hydrogen-bond acceptors (Lipinski definition) is 8. The molecule has 3 aromatic rings. The van der Waals surface area contributed by atoms with Gasteiger partial charge in [-0.25, -0.2) is 8.42 Å². The number of fused-ring (bicyclic) bond motifs is 1. The number of esters is 1. The van der Waals surface area contributed by atoms with E-state index in [9.17, 15) is 28.1 Å². The van der Waals surface area contributed by atoms with Crippen LogP contribution in [-0.4, -0.2) is 53.8 Å². The number of aryl methyl sites for hydroxylation is 1. The molecule has 4 rings (SSSR count). The lowest BCUT2D eigenvalue weighted by atomic mass is 9.99. The minimum Gasteiger partial charge on any atom is -0.465 e. The maximum absolute atomic E-state index is 13.2. The Labute approximate surface area is 217 Å². The van der Waals surface area contributed by atoms with Gasteiger partial charge in [-0.1, -0.05) is 29.0 Å². The van der Waals surface area contributed by atoms with E-state index in [-0.39, 0.29) is 35.1 Å². The molecule has 1 aliphatic rings. The molecule has 2 heterocycles. The molecule has 1 aromatic heterocycles. The lowest BCUT2D eigenvalue weighted by molar-refractivity contribution is -0.384. The average molecular weight is 547 g/mol. The lowest BCUT2D eigenvalue weighted by Crippen LogP contribution is -2.42. The fourth-order valence-corrected chi connectivity index (χ4v) is 6.75. The topological polar surface area (TPSA) is 141 Å². The highest BCUT2D eigenvalue weighted by Crippen LogP contribution is 2.26. The number of thiazole rings is 1. The number of hydrogen-bond donors (Lipinski definition) is 0. The molecule has 11 nitrogen and oxygen atoms in total. The van der Waals surface area contributed by atoms with Crippen LogP contribution in [0.4, 0.5) is 5.69 Å². The van der Waals surface area contributed by atoms with E-state index >= 15 is 0 Å².